The molecule has 0 aliphatic heterocycles. The largest absolute Gasteiger partial charge is 0.497 e. The molecule has 0 aliphatic carbocycles. The molecule has 0 saturated carbocycles. The van der Waals surface area contributed by atoms with Gasteiger partial charge in [-0.25, -0.2) is 18.7 Å². The third kappa shape index (κ3) is 4.03. The van der Waals surface area contributed by atoms with Crippen LogP contribution in [0.3, 0.4) is 0 Å². The SMILES string of the molecule is COc1ccc(Cn2c(=O)c3c(ncn3C(C)c3ccccc3)n(-c3ccc(F)cc3)c2=O)cc1. The maximum Gasteiger partial charge on any atom is 0.337 e. The number of imidazole rings is 1. The topological polar surface area (TPSA) is 71.1 Å². The predicted molar refractivity (Wildman–Crippen MR) is 132 cm³/mol. The molecule has 176 valence electrons. The molecule has 0 amide bonds. The van der Waals surface area contributed by atoms with Gasteiger partial charge in [-0.2, -0.15) is 0 Å². The van der Waals surface area contributed by atoms with E-state index in [4.69, 9.17) is 4.74 Å². The quantitative estimate of drug-likeness (QED) is 0.374. The van der Waals surface area contributed by atoms with Crippen LogP contribution < -0.4 is 16.0 Å². The zero-order chi connectivity index (χ0) is 24.5. The summed E-state index contributed by atoms with van der Waals surface area (Å²) in [5.41, 5.74) is 1.69. The molecule has 8 heteroatoms. The minimum atomic E-state index is -0.553. The van der Waals surface area contributed by atoms with Crippen LogP contribution in [0.5, 0.6) is 5.75 Å². The molecular weight excluding hydrogens is 447 g/mol. The molecule has 5 rings (SSSR count). The van der Waals surface area contributed by atoms with E-state index in [2.05, 4.69) is 4.98 Å². The maximum atomic E-state index is 13.7. The summed E-state index contributed by atoms with van der Waals surface area (Å²) < 4.78 is 23.2. The second-order valence-electron chi connectivity index (χ2n) is 8.24. The summed E-state index contributed by atoms with van der Waals surface area (Å²) in [6.45, 7) is 2.03. The minimum absolute atomic E-state index is 0.0592. The summed E-state index contributed by atoms with van der Waals surface area (Å²) in [4.78, 5) is 31.8. The normalized spacial score (nSPS) is 12.1. The van der Waals surface area contributed by atoms with Gasteiger partial charge in [-0.05, 0) is 54.4 Å². The van der Waals surface area contributed by atoms with Crippen LogP contribution in [0.2, 0.25) is 0 Å². The molecule has 0 N–H and O–H groups in total. The molecule has 0 aliphatic rings. The van der Waals surface area contributed by atoms with Crippen molar-refractivity contribution in [1.82, 2.24) is 18.7 Å². The number of hydrogen-bond acceptors (Lipinski definition) is 4. The van der Waals surface area contributed by atoms with E-state index < -0.39 is 17.1 Å². The van der Waals surface area contributed by atoms with Gasteiger partial charge in [0.05, 0.1) is 31.7 Å². The number of aromatic nitrogens is 4. The molecule has 2 aromatic heterocycles. The highest BCUT2D eigenvalue weighted by Gasteiger charge is 2.22. The summed E-state index contributed by atoms with van der Waals surface area (Å²) in [5.74, 6) is 0.253. The number of hydrogen-bond donors (Lipinski definition) is 0. The molecule has 7 nitrogen and oxygen atoms in total. The van der Waals surface area contributed by atoms with Crippen LogP contribution in [0, 0.1) is 5.82 Å². The molecule has 0 bridgehead atoms. The fourth-order valence-electron chi connectivity index (χ4n) is 4.21. The molecule has 5 aromatic rings. The van der Waals surface area contributed by atoms with Crippen molar-refractivity contribution in [2.75, 3.05) is 7.11 Å². The fourth-order valence-corrected chi connectivity index (χ4v) is 4.21. The summed E-state index contributed by atoms with van der Waals surface area (Å²) >= 11 is 0. The highest BCUT2D eigenvalue weighted by atomic mass is 19.1. The van der Waals surface area contributed by atoms with Crippen LogP contribution in [-0.2, 0) is 6.54 Å². The van der Waals surface area contributed by atoms with Crippen molar-refractivity contribution in [1.29, 1.82) is 0 Å². The standard InChI is InChI=1S/C27H23FN4O3/c1-18(20-6-4-3-5-7-20)31-17-29-25-24(31)26(33)30(16-19-8-14-23(35-2)15-9-19)27(34)32(25)22-12-10-21(28)11-13-22/h3-15,17-18H,16H2,1-2H3. The van der Waals surface area contributed by atoms with Gasteiger partial charge in [-0.1, -0.05) is 42.5 Å². The van der Waals surface area contributed by atoms with Crippen molar-refractivity contribution in [2.45, 2.75) is 19.5 Å². The molecule has 2 heterocycles. The summed E-state index contributed by atoms with van der Waals surface area (Å²) in [5, 5.41) is 0. The molecule has 3 aromatic carbocycles. The Morgan fingerprint density at radius 2 is 1.63 bits per heavy atom. The Labute approximate surface area is 200 Å². The Morgan fingerprint density at radius 1 is 0.943 bits per heavy atom. The molecule has 0 radical (unpaired) electrons. The second-order valence-corrected chi connectivity index (χ2v) is 8.24. The lowest BCUT2D eigenvalue weighted by Crippen LogP contribution is -2.40. The molecule has 1 unspecified atom stereocenters. The third-order valence-electron chi connectivity index (χ3n) is 6.14. The van der Waals surface area contributed by atoms with Gasteiger partial charge >= 0.3 is 5.69 Å². The van der Waals surface area contributed by atoms with Crippen molar-refractivity contribution in [2.24, 2.45) is 0 Å². The molecule has 0 spiro atoms. The lowest BCUT2D eigenvalue weighted by Gasteiger charge is -2.17. The van der Waals surface area contributed by atoms with Crippen LogP contribution >= 0.6 is 0 Å². The number of nitrogens with zero attached hydrogens (tertiary/aromatic N) is 4. The van der Waals surface area contributed by atoms with Crippen molar-refractivity contribution >= 4 is 11.2 Å². The summed E-state index contributed by atoms with van der Waals surface area (Å²) in [6.07, 6.45) is 1.57. The van der Waals surface area contributed by atoms with Crippen molar-refractivity contribution in [3.63, 3.8) is 0 Å². The molecule has 0 fully saturated rings. The van der Waals surface area contributed by atoms with E-state index in [1.165, 1.54) is 33.4 Å². The van der Waals surface area contributed by atoms with Crippen LogP contribution in [-0.4, -0.2) is 25.8 Å². The summed E-state index contributed by atoms with van der Waals surface area (Å²) in [7, 11) is 1.57. The van der Waals surface area contributed by atoms with E-state index in [-0.39, 0.29) is 18.2 Å². The average molecular weight is 471 g/mol. The zero-order valence-electron chi connectivity index (χ0n) is 19.3. The predicted octanol–water partition coefficient (Wildman–Crippen LogP) is 4.15. The van der Waals surface area contributed by atoms with Gasteiger partial charge in [0.15, 0.2) is 11.2 Å². The maximum absolute atomic E-state index is 13.7. The van der Waals surface area contributed by atoms with Gasteiger partial charge in [0, 0.05) is 0 Å². The van der Waals surface area contributed by atoms with Gasteiger partial charge in [-0.15, -0.1) is 0 Å². The third-order valence-corrected chi connectivity index (χ3v) is 6.14. The van der Waals surface area contributed by atoms with Crippen LogP contribution in [0.15, 0.2) is 94.8 Å². The first-order valence-electron chi connectivity index (χ1n) is 11.1. The molecular formula is C27H23FN4O3. The number of halogens is 1. The van der Waals surface area contributed by atoms with E-state index in [0.717, 1.165) is 11.1 Å². The van der Waals surface area contributed by atoms with Crippen molar-refractivity contribution in [3.05, 3.63) is 123 Å². The zero-order valence-corrected chi connectivity index (χ0v) is 19.3. The second kappa shape index (κ2) is 9.06. The Balaban J connectivity index is 1.76. The fraction of sp³-hybridized carbons (Fsp3) is 0.148. The molecule has 35 heavy (non-hydrogen) atoms. The lowest BCUT2D eigenvalue weighted by molar-refractivity contribution is 0.414. The van der Waals surface area contributed by atoms with Crippen LogP contribution in [0.4, 0.5) is 4.39 Å². The Hall–Kier alpha value is -4.46. The van der Waals surface area contributed by atoms with Crippen molar-refractivity contribution < 1.29 is 9.13 Å². The van der Waals surface area contributed by atoms with Crippen LogP contribution in [0.25, 0.3) is 16.9 Å². The first kappa shape index (κ1) is 22.3. The van der Waals surface area contributed by atoms with E-state index in [0.29, 0.717) is 17.0 Å². The average Bonchev–Trinajstić information content (AvgIpc) is 3.33. The van der Waals surface area contributed by atoms with Crippen LogP contribution in [0.1, 0.15) is 24.1 Å². The van der Waals surface area contributed by atoms with Gasteiger partial charge < -0.3 is 9.30 Å². The highest BCUT2D eigenvalue weighted by molar-refractivity contribution is 5.73. The minimum Gasteiger partial charge on any atom is -0.497 e. The van der Waals surface area contributed by atoms with E-state index in [9.17, 15) is 14.0 Å². The summed E-state index contributed by atoms with van der Waals surface area (Å²) in [6, 6.07) is 22.2. The van der Waals surface area contributed by atoms with E-state index in [1.807, 2.05) is 37.3 Å². The Morgan fingerprint density at radius 3 is 2.29 bits per heavy atom. The van der Waals surface area contributed by atoms with Gasteiger partial charge in [0.25, 0.3) is 5.56 Å². The highest BCUT2D eigenvalue weighted by Crippen LogP contribution is 2.22. The molecule has 1 atom stereocenters. The number of benzene rings is 3. The first-order chi connectivity index (χ1) is 17.0. The number of rotatable bonds is 6. The number of ether oxygens (including phenoxy) is 1. The monoisotopic (exact) mass is 470 g/mol. The first-order valence-corrected chi connectivity index (χ1v) is 11.1. The number of fused-ring (bicyclic) bond motifs is 1. The smallest absolute Gasteiger partial charge is 0.337 e. The number of methoxy groups -OCH3 is 1. The van der Waals surface area contributed by atoms with E-state index >= 15 is 0 Å². The van der Waals surface area contributed by atoms with Gasteiger partial charge in [0.1, 0.15) is 11.6 Å². The Bertz CT molecular complexity index is 1600. The lowest BCUT2D eigenvalue weighted by atomic mass is 10.1. The van der Waals surface area contributed by atoms with E-state index in [1.54, 1.807) is 42.3 Å². The Kier molecular flexibility index (Phi) is 5.78. The van der Waals surface area contributed by atoms with Crippen molar-refractivity contribution in [3.8, 4) is 11.4 Å². The molecule has 0 saturated heterocycles. The van der Waals surface area contributed by atoms with Gasteiger partial charge in [-0.3, -0.25) is 9.36 Å². The van der Waals surface area contributed by atoms with Gasteiger partial charge in [0.2, 0.25) is 0 Å².